The van der Waals surface area contributed by atoms with Crippen molar-refractivity contribution >= 4 is 35.0 Å². The maximum Gasteiger partial charge on any atom is 0.269 e. The van der Waals surface area contributed by atoms with Crippen molar-refractivity contribution in [3.63, 3.8) is 0 Å². The summed E-state index contributed by atoms with van der Waals surface area (Å²) in [7, 11) is 0. The molecule has 2 amide bonds. The van der Waals surface area contributed by atoms with Crippen LogP contribution in [0.2, 0.25) is 0 Å². The summed E-state index contributed by atoms with van der Waals surface area (Å²) in [6.07, 6.45) is 0.580. The molecule has 1 aromatic heterocycles. The van der Waals surface area contributed by atoms with Gasteiger partial charge in [0.2, 0.25) is 17.8 Å². The van der Waals surface area contributed by atoms with E-state index < -0.39 is 28.2 Å². The van der Waals surface area contributed by atoms with Crippen LogP contribution < -0.4 is 21.1 Å². The standard InChI is InChI=1S/C23H20N6O5/c30-18-11-17(21(31)24-15-5-7-16(8-6-15)29(33)34)19-20(25-18)26-23(27-22(19)32)28-10-9-13-3-1-2-4-14(13)12-28/h1-8,17H,9-12H2,(H,24,31)(H2,25,26,27,30,32)/t17-/m0/s1. The Kier molecular flexibility index (Phi) is 5.28. The predicted molar refractivity (Wildman–Crippen MR) is 124 cm³/mol. The third-order valence-electron chi connectivity index (χ3n) is 6.03. The lowest BCUT2D eigenvalue weighted by Gasteiger charge is -2.30. The fraction of sp³-hybridized carbons (Fsp3) is 0.217. The minimum atomic E-state index is -1.05. The van der Waals surface area contributed by atoms with Crippen molar-refractivity contribution in [1.82, 2.24) is 9.97 Å². The van der Waals surface area contributed by atoms with Gasteiger partial charge in [0.05, 0.1) is 16.4 Å². The number of nitro benzene ring substituents is 1. The quantitative estimate of drug-likeness (QED) is 0.399. The molecule has 0 unspecified atom stereocenters. The molecule has 3 aromatic rings. The zero-order chi connectivity index (χ0) is 23.8. The number of fused-ring (bicyclic) bond motifs is 2. The van der Waals surface area contributed by atoms with E-state index in [9.17, 15) is 24.5 Å². The number of nitrogens with zero attached hydrogens (tertiary/aromatic N) is 3. The highest BCUT2D eigenvalue weighted by Gasteiger charge is 2.35. The van der Waals surface area contributed by atoms with E-state index in [0.717, 1.165) is 12.0 Å². The summed E-state index contributed by atoms with van der Waals surface area (Å²) in [5.41, 5.74) is 2.17. The number of rotatable bonds is 4. The molecule has 1 atom stereocenters. The van der Waals surface area contributed by atoms with Gasteiger partial charge in [-0.15, -0.1) is 0 Å². The fourth-order valence-corrected chi connectivity index (χ4v) is 4.31. The van der Waals surface area contributed by atoms with Crippen LogP contribution in [-0.2, 0) is 22.6 Å². The van der Waals surface area contributed by atoms with E-state index in [2.05, 4.69) is 26.7 Å². The number of hydrogen-bond donors (Lipinski definition) is 3. The Bertz CT molecular complexity index is 1370. The van der Waals surface area contributed by atoms with Crippen LogP contribution in [0.15, 0.2) is 53.3 Å². The summed E-state index contributed by atoms with van der Waals surface area (Å²) in [5.74, 6) is -1.65. The molecule has 3 N–H and O–H groups in total. The number of amides is 2. The van der Waals surface area contributed by atoms with Gasteiger partial charge < -0.3 is 15.5 Å². The van der Waals surface area contributed by atoms with Gasteiger partial charge in [-0.05, 0) is 29.7 Å². The van der Waals surface area contributed by atoms with Gasteiger partial charge in [-0.2, -0.15) is 4.98 Å². The average Bonchev–Trinajstić information content (AvgIpc) is 2.83. The molecule has 0 fully saturated rings. The summed E-state index contributed by atoms with van der Waals surface area (Å²) < 4.78 is 0. The highest BCUT2D eigenvalue weighted by atomic mass is 16.6. The molecule has 0 saturated carbocycles. The van der Waals surface area contributed by atoms with Gasteiger partial charge in [0.25, 0.3) is 11.2 Å². The number of aromatic amines is 1. The molecule has 0 aliphatic carbocycles. The molecule has 5 rings (SSSR count). The molecule has 0 saturated heterocycles. The van der Waals surface area contributed by atoms with Crippen LogP contribution in [0.1, 0.15) is 29.0 Å². The Morgan fingerprint density at radius 1 is 1.12 bits per heavy atom. The number of H-pyrrole nitrogens is 1. The predicted octanol–water partition coefficient (Wildman–Crippen LogP) is 2.31. The number of benzene rings is 2. The molecule has 11 nitrogen and oxygen atoms in total. The summed E-state index contributed by atoms with van der Waals surface area (Å²) in [4.78, 5) is 57.8. The van der Waals surface area contributed by atoms with Gasteiger partial charge in [-0.25, -0.2) is 0 Å². The van der Waals surface area contributed by atoms with Gasteiger partial charge in [0.1, 0.15) is 5.82 Å². The lowest BCUT2D eigenvalue weighted by atomic mass is 9.92. The number of non-ortho nitro benzene ring substituents is 1. The van der Waals surface area contributed by atoms with Gasteiger partial charge in [-0.1, -0.05) is 24.3 Å². The number of carbonyl (C=O) groups is 2. The van der Waals surface area contributed by atoms with Gasteiger partial charge in [0.15, 0.2) is 0 Å². The summed E-state index contributed by atoms with van der Waals surface area (Å²) in [6.45, 7) is 1.21. The largest absolute Gasteiger partial charge is 0.338 e. The van der Waals surface area contributed by atoms with Gasteiger partial charge in [0, 0.05) is 37.3 Å². The molecule has 3 heterocycles. The van der Waals surface area contributed by atoms with Crippen molar-refractivity contribution in [3.8, 4) is 0 Å². The van der Waals surface area contributed by atoms with Crippen molar-refractivity contribution in [3.05, 3.63) is 85.7 Å². The van der Waals surface area contributed by atoms with Crippen LogP contribution in [-0.4, -0.2) is 33.3 Å². The fourth-order valence-electron chi connectivity index (χ4n) is 4.31. The monoisotopic (exact) mass is 460 g/mol. The second-order valence-corrected chi connectivity index (χ2v) is 8.19. The van der Waals surface area contributed by atoms with Gasteiger partial charge in [-0.3, -0.25) is 29.5 Å². The molecule has 2 aromatic carbocycles. The Balaban J connectivity index is 1.41. The summed E-state index contributed by atoms with van der Waals surface area (Å²) >= 11 is 0. The smallest absolute Gasteiger partial charge is 0.269 e. The maximum atomic E-state index is 13.0. The molecule has 0 radical (unpaired) electrons. The molecular formula is C23H20N6O5. The minimum absolute atomic E-state index is 0.0673. The highest BCUT2D eigenvalue weighted by molar-refractivity contribution is 6.04. The van der Waals surface area contributed by atoms with Crippen molar-refractivity contribution < 1.29 is 14.5 Å². The Hall–Kier alpha value is -4.54. The summed E-state index contributed by atoms with van der Waals surface area (Å²) in [5, 5.41) is 16.1. The zero-order valence-electron chi connectivity index (χ0n) is 17.9. The zero-order valence-corrected chi connectivity index (χ0v) is 17.9. The molecule has 11 heteroatoms. The Morgan fingerprint density at radius 2 is 1.85 bits per heavy atom. The van der Waals surface area contributed by atoms with E-state index in [-0.39, 0.29) is 23.5 Å². The van der Waals surface area contributed by atoms with Crippen molar-refractivity contribution in [1.29, 1.82) is 0 Å². The highest BCUT2D eigenvalue weighted by Crippen LogP contribution is 2.31. The average molecular weight is 460 g/mol. The van der Waals surface area contributed by atoms with E-state index in [1.165, 1.54) is 29.8 Å². The summed E-state index contributed by atoms with van der Waals surface area (Å²) in [6, 6.07) is 13.3. The molecule has 172 valence electrons. The third-order valence-corrected chi connectivity index (χ3v) is 6.03. The SMILES string of the molecule is O=C1C[C@H](C(=O)Nc2ccc([N+](=O)[O-])cc2)c2c(nc(N3CCc4ccccc4C3)[nH]c2=O)N1. The van der Waals surface area contributed by atoms with Crippen LogP contribution >= 0.6 is 0 Å². The van der Waals surface area contributed by atoms with Crippen LogP contribution in [0.4, 0.5) is 23.1 Å². The normalized spacial score (nSPS) is 16.8. The third kappa shape index (κ3) is 3.98. The van der Waals surface area contributed by atoms with E-state index in [4.69, 9.17) is 0 Å². The van der Waals surface area contributed by atoms with E-state index in [1.807, 2.05) is 23.1 Å². The van der Waals surface area contributed by atoms with Crippen LogP contribution in [0.3, 0.4) is 0 Å². The van der Waals surface area contributed by atoms with E-state index in [1.54, 1.807) is 0 Å². The first-order valence-electron chi connectivity index (χ1n) is 10.7. The number of nitro groups is 1. The number of hydrogen-bond acceptors (Lipinski definition) is 7. The Labute approximate surface area is 193 Å². The maximum absolute atomic E-state index is 13.0. The first-order chi connectivity index (χ1) is 16.4. The first-order valence-corrected chi connectivity index (χ1v) is 10.7. The second-order valence-electron chi connectivity index (χ2n) is 8.19. The number of nitrogens with one attached hydrogen (secondary N) is 3. The van der Waals surface area contributed by atoms with Crippen molar-refractivity contribution in [2.45, 2.75) is 25.3 Å². The second kappa shape index (κ2) is 8.43. The lowest BCUT2D eigenvalue weighted by Crippen LogP contribution is -2.38. The molecular weight excluding hydrogens is 440 g/mol. The number of aromatic nitrogens is 2. The van der Waals surface area contributed by atoms with Crippen LogP contribution in [0.5, 0.6) is 0 Å². The van der Waals surface area contributed by atoms with Crippen LogP contribution in [0, 0.1) is 10.1 Å². The van der Waals surface area contributed by atoms with E-state index in [0.29, 0.717) is 24.7 Å². The molecule has 34 heavy (non-hydrogen) atoms. The van der Waals surface area contributed by atoms with Crippen LogP contribution in [0.25, 0.3) is 0 Å². The molecule has 0 spiro atoms. The molecule has 2 aliphatic heterocycles. The Morgan fingerprint density at radius 3 is 2.59 bits per heavy atom. The lowest BCUT2D eigenvalue weighted by molar-refractivity contribution is -0.384. The number of anilines is 3. The molecule has 0 bridgehead atoms. The van der Waals surface area contributed by atoms with Crippen molar-refractivity contribution in [2.75, 3.05) is 22.1 Å². The first kappa shape index (κ1) is 21.3. The molecule has 2 aliphatic rings. The van der Waals surface area contributed by atoms with Gasteiger partial charge >= 0.3 is 0 Å². The topological polar surface area (TPSA) is 150 Å². The van der Waals surface area contributed by atoms with E-state index >= 15 is 0 Å². The number of carbonyl (C=O) groups excluding carboxylic acids is 2. The van der Waals surface area contributed by atoms with Crippen molar-refractivity contribution in [2.24, 2.45) is 0 Å². The minimum Gasteiger partial charge on any atom is -0.338 e.